The van der Waals surface area contributed by atoms with Crippen molar-refractivity contribution in [2.45, 2.75) is 20.0 Å². The number of morpholine rings is 1. The molecule has 0 atom stereocenters. The zero-order chi connectivity index (χ0) is 18.6. The van der Waals surface area contributed by atoms with Gasteiger partial charge in [0.1, 0.15) is 5.82 Å². The molecule has 3 heterocycles. The fourth-order valence-corrected chi connectivity index (χ4v) is 3.55. The van der Waals surface area contributed by atoms with Crippen LogP contribution in [0.1, 0.15) is 11.1 Å². The third kappa shape index (κ3) is 4.28. The highest BCUT2D eigenvalue weighted by Gasteiger charge is 2.18. The molecule has 27 heavy (non-hydrogen) atoms. The number of pyridine rings is 1. The number of hydrogen-bond acceptors (Lipinski definition) is 5. The number of aryl methyl sites for hydroxylation is 1. The van der Waals surface area contributed by atoms with E-state index in [0.29, 0.717) is 0 Å². The fourth-order valence-electron chi connectivity index (χ4n) is 3.55. The normalized spacial score (nSPS) is 15.0. The third-order valence-corrected chi connectivity index (χ3v) is 5.08. The number of nitrogens with zero attached hydrogens (tertiary/aromatic N) is 5. The lowest BCUT2D eigenvalue weighted by Crippen LogP contribution is -2.38. The van der Waals surface area contributed by atoms with E-state index < -0.39 is 0 Å². The van der Waals surface area contributed by atoms with Gasteiger partial charge in [-0.1, -0.05) is 12.1 Å². The number of anilines is 1. The number of likely N-dealkylation sites (N-methyl/N-ethyl adjacent to an activating group) is 1. The minimum Gasteiger partial charge on any atom is -0.378 e. The van der Waals surface area contributed by atoms with E-state index in [-0.39, 0.29) is 0 Å². The second-order valence-electron chi connectivity index (χ2n) is 7.30. The highest BCUT2D eigenvalue weighted by molar-refractivity contribution is 5.82. The van der Waals surface area contributed by atoms with Gasteiger partial charge >= 0.3 is 0 Å². The number of benzene rings is 1. The van der Waals surface area contributed by atoms with Gasteiger partial charge in [0, 0.05) is 56.1 Å². The number of imidazole rings is 1. The summed E-state index contributed by atoms with van der Waals surface area (Å²) in [6.07, 6.45) is 5.70. The maximum atomic E-state index is 5.54. The maximum absolute atomic E-state index is 5.54. The van der Waals surface area contributed by atoms with Crippen LogP contribution in [0.15, 0.2) is 43.0 Å². The molecule has 0 unspecified atom stereocenters. The molecule has 0 bridgehead atoms. The van der Waals surface area contributed by atoms with Gasteiger partial charge in [-0.05, 0) is 31.7 Å². The highest BCUT2D eigenvalue weighted by atomic mass is 16.5. The van der Waals surface area contributed by atoms with Gasteiger partial charge in [0.25, 0.3) is 0 Å². The average molecular weight is 365 g/mol. The van der Waals surface area contributed by atoms with E-state index in [0.717, 1.165) is 57.3 Å². The summed E-state index contributed by atoms with van der Waals surface area (Å²) < 4.78 is 7.65. The van der Waals surface area contributed by atoms with Crippen molar-refractivity contribution in [1.82, 2.24) is 19.4 Å². The van der Waals surface area contributed by atoms with E-state index in [4.69, 9.17) is 9.72 Å². The maximum Gasteiger partial charge on any atom is 0.133 e. The van der Waals surface area contributed by atoms with Crippen molar-refractivity contribution in [3.05, 3.63) is 54.1 Å². The van der Waals surface area contributed by atoms with Crippen molar-refractivity contribution < 1.29 is 4.74 Å². The number of fused-ring (bicyclic) bond motifs is 1. The summed E-state index contributed by atoms with van der Waals surface area (Å²) in [7, 11) is 2.17. The Morgan fingerprint density at radius 2 is 2.04 bits per heavy atom. The summed E-state index contributed by atoms with van der Waals surface area (Å²) in [4.78, 5) is 13.9. The highest BCUT2D eigenvalue weighted by Crippen LogP contribution is 2.26. The summed E-state index contributed by atoms with van der Waals surface area (Å²) in [6.45, 7) is 8.22. The molecule has 142 valence electrons. The van der Waals surface area contributed by atoms with Crippen molar-refractivity contribution in [3.8, 4) is 0 Å². The topological polar surface area (TPSA) is 46.4 Å². The number of aromatic nitrogens is 3. The molecule has 1 aliphatic heterocycles. The lowest BCUT2D eigenvalue weighted by molar-refractivity contribution is 0.122. The molecule has 6 nitrogen and oxygen atoms in total. The summed E-state index contributed by atoms with van der Waals surface area (Å²) in [6, 6.07) is 8.81. The molecule has 2 aromatic heterocycles. The minimum atomic E-state index is 0.767. The first-order valence-corrected chi connectivity index (χ1v) is 9.56. The first kappa shape index (κ1) is 17.9. The van der Waals surface area contributed by atoms with E-state index in [1.54, 1.807) is 0 Å². The van der Waals surface area contributed by atoms with E-state index in [2.05, 4.69) is 57.6 Å². The van der Waals surface area contributed by atoms with Crippen LogP contribution >= 0.6 is 0 Å². The molecule has 1 aromatic carbocycles. The van der Waals surface area contributed by atoms with Crippen molar-refractivity contribution in [1.29, 1.82) is 0 Å². The molecule has 0 amide bonds. The fraction of sp³-hybridized carbons (Fsp3) is 0.429. The summed E-state index contributed by atoms with van der Waals surface area (Å²) >= 11 is 0. The Labute approximate surface area is 160 Å². The summed E-state index contributed by atoms with van der Waals surface area (Å²) in [5.74, 6) is 1.10. The van der Waals surface area contributed by atoms with Gasteiger partial charge in [-0.2, -0.15) is 0 Å². The van der Waals surface area contributed by atoms with Gasteiger partial charge in [0.2, 0.25) is 0 Å². The van der Waals surface area contributed by atoms with Crippen molar-refractivity contribution in [2.75, 3.05) is 44.8 Å². The van der Waals surface area contributed by atoms with Gasteiger partial charge in [0.05, 0.1) is 25.1 Å². The van der Waals surface area contributed by atoms with E-state index in [1.165, 1.54) is 16.5 Å². The third-order valence-electron chi connectivity index (χ3n) is 5.08. The van der Waals surface area contributed by atoms with Crippen LogP contribution in [0.25, 0.3) is 10.9 Å². The molecule has 0 saturated carbocycles. The van der Waals surface area contributed by atoms with E-state index >= 15 is 0 Å². The molecular weight excluding hydrogens is 338 g/mol. The number of rotatable bonds is 6. The van der Waals surface area contributed by atoms with Gasteiger partial charge in [0.15, 0.2) is 0 Å². The molecule has 6 heteroatoms. The standard InChI is InChI=1S/C21H27N5O/c1-17-3-4-18-14-19(15-24(2)7-8-25-6-5-22-16-25)21(23-20(18)13-17)26-9-11-27-12-10-26/h3-6,13-14,16H,7-12,15H2,1-2H3. The Kier molecular flexibility index (Phi) is 5.36. The molecule has 0 radical (unpaired) electrons. The van der Waals surface area contributed by atoms with Gasteiger partial charge in [-0.15, -0.1) is 0 Å². The Balaban J connectivity index is 1.59. The lowest BCUT2D eigenvalue weighted by atomic mass is 10.1. The second kappa shape index (κ2) is 8.06. The van der Waals surface area contributed by atoms with Crippen LogP contribution in [-0.4, -0.2) is 59.3 Å². The summed E-state index contributed by atoms with van der Waals surface area (Å²) in [5.41, 5.74) is 3.59. The van der Waals surface area contributed by atoms with Crippen LogP contribution in [0.5, 0.6) is 0 Å². The molecule has 1 aliphatic rings. The smallest absolute Gasteiger partial charge is 0.133 e. The van der Waals surface area contributed by atoms with Gasteiger partial charge in [-0.25, -0.2) is 9.97 Å². The van der Waals surface area contributed by atoms with Crippen LogP contribution in [0.4, 0.5) is 5.82 Å². The monoisotopic (exact) mass is 365 g/mol. The van der Waals surface area contributed by atoms with Crippen LogP contribution in [-0.2, 0) is 17.8 Å². The number of ether oxygens (including phenoxy) is 1. The van der Waals surface area contributed by atoms with Gasteiger partial charge < -0.3 is 19.1 Å². The zero-order valence-corrected chi connectivity index (χ0v) is 16.1. The van der Waals surface area contributed by atoms with Crippen molar-refractivity contribution in [3.63, 3.8) is 0 Å². The SMILES string of the molecule is Cc1ccc2cc(CN(C)CCn3ccnc3)c(N3CCOCC3)nc2c1. The predicted molar refractivity (Wildman–Crippen MR) is 108 cm³/mol. The van der Waals surface area contributed by atoms with Crippen molar-refractivity contribution in [2.24, 2.45) is 0 Å². The average Bonchev–Trinajstić information content (AvgIpc) is 3.20. The quantitative estimate of drug-likeness (QED) is 0.672. The van der Waals surface area contributed by atoms with E-state index in [9.17, 15) is 0 Å². The van der Waals surface area contributed by atoms with Crippen LogP contribution in [0.3, 0.4) is 0 Å². The van der Waals surface area contributed by atoms with E-state index in [1.807, 2.05) is 18.7 Å². The molecule has 0 aliphatic carbocycles. The Bertz CT molecular complexity index is 887. The second-order valence-corrected chi connectivity index (χ2v) is 7.30. The first-order valence-electron chi connectivity index (χ1n) is 9.56. The largest absolute Gasteiger partial charge is 0.378 e. The molecule has 1 fully saturated rings. The molecule has 0 N–H and O–H groups in total. The molecule has 4 rings (SSSR count). The molecule has 1 saturated heterocycles. The first-order chi connectivity index (χ1) is 13.2. The van der Waals surface area contributed by atoms with Crippen LogP contribution in [0.2, 0.25) is 0 Å². The predicted octanol–water partition coefficient (Wildman–Crippen LogP) is 2.71. The lowest BCUT2D eigenvalue weighted by Gasteiger charge is -2.30. The van der Waals surface area contributed by atoms with Crippen LogP contribution < -0.4 is 4.90 Å². The number of hydrogen-bond donors (Lipinski definition) is 0. The minimum absolute atomic E-state index is 0.767. The molecule has 0 spiro atoms. The Hall–Kier alpha value is -2.44. The zero-order valence-electron chi connectivity index (χ0n) is 16.1. The molecule has 3 aromatic rings. The van der Waals surface area contributed by atoms with Crippen molar-refractivity contribution >= 4 is 16.7 Å². The Morgan fingerprint density at radius 3 is 2.81 bits per heavy atom. The summed E-state index contributed by atoms with van der Waals surface area (Å²) in [5, 5.41) is 1.20. The van der Waals surface area contributed by atoms with Crippen LogP contribution in [0, 0.1) is 6.92 Å². The van der Waals surface area contributed by atoms with Gasteiger partial charge in [-0.3, -0.25) is 0 Å². The Morgan fingerprint density at radius 1 is 1.19 bits per heavy atom. The molecular formula is C21H27N5O.